The van der Waals surface area contributed by atoms with E-state index in [1.807, 2.05) is 24.3 Å². The van der Waals surface area contributed by atoms with Crippen LogP contribution in [-0.2, 0) is 17.6 Å². The number of carbonyl (C=O) groups excluding carboxylic acids is 2. The number of rotatable bonds is 3. The summed E-state index contributed by atoms with van der Waals surface area (Å²) in [7, 11) is 0. The fourth-order valence-electron chi connectivity index (χ4n) is 2.68. The van der Waals surface area contributed by atoms with E-state index in [-0.39, 0.29) is 23.3 Å². The SMILES string of the molecule is CCc1ccc(CC2=C(O)c3ccccc3C(=O)C2=O)cc1. The van der Waals surface area contributed by atoms with Crippen molar-refractivity contribution < 1.29 is 14.7 Å². The van der Waals surface area contributed by atoms with Crippen LogP contribution in [0.15, 0.2) is 54.1 Å². The lowest BCUT2D eigenvalue weighted by Crippen LogP contribution is -2.25. The predicted octanol–water partition coefficient (Wildman–Crippen LogP) is 3.53. The molecular weight excluding hydrogens is 276 g/mol. The standard InChI is InChI=1S/C19H16O3/c1-2-12-7-9-13(10-8-12)11-16-17(20)14-5-3-4-6-15(14)18(21)19(16)22/h3-10,20H,2,11H2,1H3. The van der Waals surface area contributed by atoms with E-state index in [2.05, 4.69) is 6.92 Å². The Balaban J connectivity index is 2.01. The highest BCUT2D eigenvalue weighted by molar-refractivity contribution is 6.52. The van der Waals surface area contributed by atoms with Crippen molar-refractivity contribution in [3.8, 4) is 0 Å². The Kier molecular flexibility index (Phi) is 3.63. The molecule has 3 heteroatoms. The first kappa shape index (κ1) is 14.3. The summed E-state index contributed by atoms with van der Waals surface area (Å²) in [6, 6.07) is 14.5. The molecule has 0 amide bonds. The van der Waals surface area contributed by atoms with Crippen LogP contribution in [0.3, 0.4) is 0 Å². The van der Waals surface area contributed by atoms with Crippen LogP contribution in [0.4, 0.5) is 0 Å². The average molecular weight is 292 g/mol. The molecule has 0 spiro atoms. The number of carbonyl (C=O) groups is 2. The number of aliphatic hydroxyl groups is 1. The minimum Gasteiger partial charge on any atom is -0.507 e. The summed E-state index contributed by atoms with van der Waals surface area (Å²) < 4.78 is 0. The molecule has 0 radical (unpaired) electrons. The molecule has 0 saturated carbocycles. The summed E-state index contributed by atoms with van der Waals surface area (Å²) in [6.45, 7) is 2.07. The van der Waals surface area contributed by atoms with Crippen molar-refractivity contribution >= 4 is 17.3 Å². The van der Waals surface area contributed by atoms with Crippen LogP contribution in [0, 0.1) is 0 Å². The molecular formula is C19H16O3. The van der Waals surface area contributed by atoms with Crippen LogP contribution >= 0.6 is 0 Å². The molecule has 2 aromatic carbocycles. The van der Waals surface area contributed by atoms with Crippen LogP contribution < -0.4 is 0 Å². The third-order valence-electron chi connectivity index (χ3n) is 4.01. The number of Topliss-reactive ketones (excluding diaryl/α,β-unsaturated/α-hetero) is 2. The Hall–Kier alpha value is -2.68. The van der Waals surface area contributed by atoms with Gasteiger partial charge in [-0.2, -0.15) is 0 Å². The number of aryl methyl sites for hydroxylation is 1. The maximum Gasteiger partial charge on any atom is 0.234 e. The Labute approximate surface area is 128 Å². The summed E-state index contributed by atoms with van der Waals surface area (Å²) in [5, 5.41) is 10.4. The van der Waals surface area contributed by atoms with Gasteiger partial charge in [-0.3, -0.25) is 9.59 Å². The zero-order valence-electron chi connectivity index (χ0n) is 12.3. The lowest BCUT2D eigenvalue weighted by atomic mass is 9.85. The van der Waals surface area contributed by atoms with Gasteiger partial charge in [-0.1, -0.05) is 55.5 Å². The first-order valence-electron chi connectivity index (χ1n) is 7.30. The Bertz CT molecular complexity index is 783. The second-order valence-electron chi connectivity index (χ2n) is 5.38. The molecule has 0 saturated heterocycles. The fourth-order valence-corrected chi connectivity index (χ4v) is 2.68. The molecule has 3 nitrogen and oxygen atoms in total. The molecule has 1 aliphatic carbocycles. The van der Waals surface area contributed by atoms with Crippen molar-refractivity contribution in [2.24, 2.45) is 0 Å². The molecule has 0 atom stereocenters. The molecule has 2 aromatic rings. The van der Waals surface area contributed by atoms with E-state index in [1.54, 1.807) is 24.3 Å². The number of hydrogen-bond donors (Lipinski definition) is 1. The molecule has 3 rings (SSSR count). The number of ketones is 2. The highest BCUT2D eigenvalue weighted by atomic mass is 16.3. The lowest BCUT2D eigenvalue weighted by Gasteiger charge is -2.17. The smallest absolute Gasteiger partial charge is 0.234 e. The van der Waals surface area contributed by atoms with Gasteiger partial charge in [-0.25, -0.2) is 0 Å². The van der Waals surface area contributed by atoms with Gasteiger partial charge in [0.05, 0.1) is 5.57 Å². The summed E-state index contributed by atoms with van der Waals surface area (Å²) in [5.41, 5.74) is 2.99. The van der Waals surface area contributed by atoms with Gasteiger partial charge in [0.25, 0.3) is 0 Å². The second kappa shape index (κ2) is 5.60. The minimum atomic E-state index is -0.615. The maximum atomic E-state index is 12.3. The molecule has 0 bridgehead atoms. The highest BCUT2D eigenvalue weighted by Gasteiger charge is 2.32. The van der Waals surface area contributed by atoms with Crippen molar-refractivity contribution in [2.75, 3.05) is 0 Å². The summed E-state index contributed by atoms with van der Waals surface area (Å²) >= 11 is 0. The summed E-state index contributed by atoms with van der Waals surface area (Å²) in [4.78, 5) is 24.4. The molecule has 0 fully saturated rings. The minimum absolute atomic E-state index is 0.0835. The van der Waals surface area contributed by atoms with Crippen LogP contribution in [0.1, 0.15) is 34.0 Å². The first-order chi connectivity index (χ1) is 10.6. The molecule has 0 unspecified atom stereocenters. The zero-order valence-corrected chi connectivity index (χ0v) is 12.3. The van der Waals surface area contributed by atoms with Crippen molar-refractivity contribution in [1.82, 2.24) is 0 Å². The normalized spacial score (nSPS) is 14.2. The van der Waals surface area contributed by atoms with E-state index in [1.165, 1.54) is 5.56 Å². The molecule has 0 aliphatic heterocycles. The van der Waals surface area contributed by atoms with Gasteiger partial charge < -0.3 is 5.11 Å². The van der Waals surface area contributed by atoms with Crippen molar-refractivity contribution in [3.05, 3.63) is 76.4 Å². The van der Waals surface area contributed by atoms with Crippen molar-refractivity contribution in [2.45, 2.75) is 19.8 Å². The van der Waals surface area contributed by atoms with E-state index < -0.39 is 11.6 Å². The number of allylic oxidation sites excluding steroid dienone is 1. The van der Waals surface area contributed by atoms with Gasteiger partial charge in [0.1, 0.15) is 5.76 Å². The van der Waals surface area contributed by atoms with Gasteiger partial charge in [-0.05, 0) is 17.5 Å². The van der Waals surface area contributed by atoms with E-state index in [9.17, 15) is 14.7 Å². The number of benzene rings is 2. The zero-order chi connectivity index (χ0) is 15.7. The molecule has 22 heavy (non-hydrogen) atoms. The lowest BCUT2D eigenvalue weighted by molar-refractivity contribution is -0.112. The van der Waals surface area contributed by atoms with Crippen LogP contribution in [0.25, 0.3) is 5.76 Å². The molecule has 1 aliphatic rings. The number of fused-ring (bicyclic) bond motifs is 1. The molecule has 0 heterocycles. The van der Waals surface area contributed by atoms with Gasteiger partial charge in [0.15, 0.2) is 0 Å². The van der Waals surface area contributed by atoms with Crippen LogP contribution in [-0.4, -0.2) is 16.7 Å². The quantitative estimate of drug-likeness (QED) is 0.881. The van der Waals surface area contributed by atoms with E-state index in [4.69, 9.17) is 0 Å². The monoisotopic (exact) mass is 292 g/mol. The molecule has 0 aromatic heterocycles. The summed E-state index contributed by atoms with van der Waals surface area (Å²) in [5.74, 6) is -1.25. The summed E-state index contributed by atoms with van der Waals surface area (Å²) in [6.07, 6.45) is 1.20. The predicted molar refractivity (Wildman–Crippen MR) is 84.9 cm³/mol. The van der Waals surface area contributed by atoms with E-state index in [0.29, 0.717) is 5.56 Å². The Morgan fingerprint density at radius 1 is 0.818 bits per heavy atom. The Morgan fingerprint density at radius 2 is 1.41 bits per heavy atom. The second-order valence-corrected chi connectivity index (χ2v) is 5.38. The van der Waals surface area contributed by atoms with E-state index in [0.717, 1.165) is 12.0 Å². The number of aliphatic hydroxyl groups excluding tert-OH is 1. The fraction of sp³-hybridized carbons (Fsp3) is 0.158. The molecule has 110 valence electrons. The van der Waals surface area contributed by atoms with Gasteiger partial charge >= 0.3 is 0 Å². The van der Waals surface area contributed by atoms with Crippen LogP contribution in [0.2, 0.25) is 0 Å². The van der Waals surface area contributed by atoms with E-state index >= 15 is 0 Å². The van der Waals surface area contributed by atoms with Gasteiger partial charge in [0.2, 0.25) is 11.6 Å². The first-order valence-corrected chi connectivity index (χ1v) is 7.30. The topological polar surface area (TPSA) is 54.4 Å². The van der Waals surface area contributed by atoms with Crippen LogP contribution in [0.5, 0.6) is 0 Å². The average Bonchev–Trinajstić information content (AvgIpc) is 2.57. The van der Waals surface area contributed by atoms with Crippen molar-refractivity contribution in [3.63, 3.8) is 0 Å². The maximum absolute atomic E-state index is 12.3. The van der Waals surface area contributed by atoms with Gasteiger partial charge in [0, 0.05) is 17.5 Å². The third-order valence-corrected chi connectivity index (χ3v) is 4.01. The van der Waals surface area contributed by atoms with Gasteiger partial charge in [-0.15, -0.1) is 0 Å². The largest absolute Gasteiger partial charge is 0.507 e. The molecule has 1 N–H and O–H groups in total. The third kappa shape index (κ3) is 2.35. The Morgan fingerprint density at radius 3 is 2.05 bits per heavy atom. The highest BCUT2D eigenvalue weighted by Crippen LogP contribution is 2.29. The van der Waals surface area contributed by atoms with Crippen molar-refractivity contribution in [1.29, 1.82) is 0 Å². The number of hydrogen-bond acceptors (Lipinski definition) is 3.